The van der Waals surface area contributed by atoms with Crippen molar-refractivity contribution in [1.82, 2.24) is 0 Å². The summed E-state index contributed by atoms with van der Waals surface area (Å²) in [4.78, 5) is 0. The molecule has 1 aliphatic heterocycles. The van der Waals surface area contributed by atoms with Gasteiger partial charge in [0.2, 0.25) is 0 Å². The average molecular weight is 406 g/mol. The number of hydrogen-bond acceptors (Lipinski definition) is 4. The van der Waals surface area contributed by atoms with Gasteiger partial charge in [-0.15, -0.1) is 0 Å². The van der Waals surface area contributed by atoms with Crippen molar-refractivity contribution < 1.29 is 13.5 Å². The van der Waals surface area contributed by atoms with E-state index in [4.69, 9.17) is 17.0 Å². The molecule has 0 amide bonds. The lowest BCUT2D eigenvalue weighted by atomic mass is 9.83. The Balaban J connectivity index is 1.88. The summed E-state index contributed by atoms with van der Waals surface area (Å²) in [7, 11) is 0. The van der Waals surface area contributed by atoms with E-state index in [1.54, 1.807) is 5.37 Å². The molecule has 28 heavy (non-hydrogen) atoms. The molecule has 0 radical (unpaired) electrons. The summed E-state index contributed by atoms with van der Waals surface area (Å²) in [6.45, 7) is 0. The highest BCUT2D eigenvalue weighted by molar-refractivity contribution is 7.79. The van der Waals surface area contributed by atoms with Crippen molar-refractivity contribution in [3.05, 3.63) is 101 Å². The van der Waals surface area contributed by atoms with Crippen molar-refractivity contribution in [3.63, 3.8) is 0 Å². The van der Waals surface area contributed by atoms with E-state index in [1.165, 1.54) is 0 Å². The molecule has 1 heterocycles. The molecule has 1 aliphatic rings. The predicted molar refractivity (Wildman–Crippen MR) is 116 cm³/mol. The third-order valence-electron chi connectivity index (χ3n) is 4.74. The van der Waals surface area contributed by atoms with Crippen LogP contribution in [0.5, 0.6) is 5.75 Å². The highest BCUT2D eigenvalue weighted by atomic mass is 32.2. The zero-order chi connectivity index (χ0) is 19.5. The largest absolute Gasteiger partial charge is 0.772 e. The molecule has 2 unspecified atom stereocenters. The summed E-state index contributed by atoms with van der Waals surface area (Å²) in [5.41, 5.74) is 4.72. The molecule has 0 spiro atoms. The number of para-hydroxylation sites is 1. The Kier molecular flexibility index (Phi) is 5.48. The Morgan fingerprint density at radius 3 is 2.29 bits per heavy atom. The van der Waals surface area contributed by atoms with Gasteiger partial charge in [-0.2, -0.15) is 0 Å². The van der Waals surface area contributed by atoms with E-state index < -0.39 is 11.1 Å². The van der Waals surface area contributed by atoms with Crippen molar-refractivity contribution in [2.75, 3.05) is 0 Å². The van der Waals surface area contributed by atoms with E-state index in [1.807, 2.05) is 78.9 Å². The Labute approximate surface area is 172 Å². The standard InChI is InChI=1S/C23H18O3S2/c24-28(25)15-16-10-12-18(13-11-16)23-22(17-6-2-1-3-7-17)20(14-27)19-8-4-5-9-21(19)26-23/h1-14,20H,15H2,(H,24,25)/p-1. The molecule has 0 N–H and O–H groups in total. The van der Waals surface area contributed by atoms with Crippen molar-refractivity contribution >= 4 is 40.0 Å². The van der Waals surface area contributed by atoms with Gasteiger partial charge in [-0.05, 0) is 22.6 Å². The van der Waals surface area contributed by atoms with Crippen molar-refractivity contribution in [1.29, 1.82) is 0 Å². The Bertz CT molecular complexity index is 1060. The van der Waals surface area contributed by atoms with Gasteiger partial charge in [0.05, 0.1) is 0 Å². The lowest BCUT2D eigenvalue weighted by Crippen LogP contribution is -2.15. The second-order valence-electron chi connectivity index (χ2n) is 6.51. The molecule has 0 saturated carbocycles. The third-order valence-corrected chi connectivity index (χ3v) is 5.58. The second kappa shape index (κ2) is 8.19. The third kappa shape index (κ3) is 3.69. The smallest absolute Gasteiger partial charge is 0.139 e. The molecular weight excluding hydrogens is 388 g/mol. The molecule has 3 aromatic rings. The molecule has 4 rings (SSSR count). The van der Waals surface area contributed by atoms with Crippen LogP contribution in [-0.2, 0) is 16.8 Å². The van der Waals surface area contributed by atoms with Crippen molar-refractivity contribution in [3.8, 4) is 5.75 Å². The first kappa shape index (κ1) is 18.7. The highest BCUT2D eigenvalue weighted by Gasteiger charge is 2.29. The Morgan fingerprint density at radius 1 is 0.929 bits per heavy atom. The topological polar surface area (TPSA) is 49.4 Å². The SMILES string of the molecule is O=S([O-])Cc1ccc(C2=C(c3ccccc3)C(C=S)c3ccccc3O2)cc1. The molecule has 3 aromatic carbocycles. The van der Waals surface area contributed by atoms with Crippen LogP contribution in [0.15, 0.2) is 78.9 Å². The fraction of sp³-hybridized carbons (Fsp3) is 0.0870. The van der Waals surface area contributed by atoms with Gasteiger partial charge < -0.3 is 9.29 Å². The lowest BCUT2D eigenvalue weighted by molar-refractivity contribution is 0.500. The summed E-state index contributed by atoms with van der Waals surface area (Å²) >= 11 is 3.30. The number of rotatable bonds is 5. The quantitative estimate of drug-likeness (QED) is 0.437. The Hall–Kier alpha value is -2.60. The number of hydrogen-bond donors (Lipinski definition) is 0. The molecule has 140 valence electrons. The summed E-state index contributed by atoms with van der Waals surface area (Å²) in [5, 5.41) is 1.78. The maximum atomic E-state index is 11.0. The maximum absolute atomic E-state index is 11.0. The van der Waals surface area contributed by atoms with Gasteiger partial charge >= 0.3 is 0 Å². The van der Waals surface area contributed by atoms with Crippen molar-refractivity contribution in [2.45, 2.75) is 11.7 Å². The zero-order valence-corrected chi connectivity index (χ0v) is 16.5. The molecular formula is C23H17O3S2-. The summed E-state index contributed by atoms with van der Waals surface area (Å²) in [6, 6.07) is 25.4. The van der Waals surface area contributed by atoms with E-state index >= 15 is 0 Å². The number of thiocarbonyl (C=S) groups is 1. The molecule has 3 nitrogen and oxygen atoms in total. The number of benzene rings is 3. The van der Waals surface area contributed by atoms with E-state index in [0.717, 1.165) is 39.3 Å². The van der Waals surface area contributed by atoms with Crippen LogP contribution in [0.25, 0.3) is 11.3 Å². The minimum atomic E-state index is -2.11. The Morgan fingerprint density at radius 2 is 1.61 bits per heavy atom. The van der Waals surface area contributed by atoms with Gasteiger partial charge in [-0.25, -0.2) is 0 Å². The monoisotopic (exact) mass is 405 g/mol. The van der Waals surface area contributed by atoms with E-state index in [0.29, 0.717) is 0 Å². The first-order valence-electron chi connectivity index (χ1n) is 8.84. The summed E-state index contributed by atoms with van der Waals surface area (Å²) in [6.07, 6.45) is 0. The van der Waals surface area contributed by atoms with Gasteiger partial charge in [0.25, 0.3) is 0 Å². The van der Waals surface area contributed by atoms with Gasteiger partial charge in [0.15, 0.2) is 0 Å². The van der Waals surface area contributed by atoms with Gasteiger partial charge in [0, 0.05) is 28.4 Å². The van der Waals surface area contributed by atoms with Crippen LogP contribution in [0.4, 0.5) is 0 Å². The molecule has 0 saturated heterocycles. The molecule has 2 atom stereocenters. The van der Waals surface area contributed by atoms with E-state index in [2.05, 4.69) is 0 Å². The fourth-order valence-electron chi connectivity index (χ4n) is 3.46. The van der Waals surface area contributed by atoms with Gasteiger partial charge in [-0.1, -0.05) is 96.1 Å². The van der Waals surface area contributed by atoms with Crippen LogP contribution in [0.3, 0.4) is 0 Å². The first-order valence-corrected chi connectivity index (χ1v) is 10.6. The van der Waals surface area contributed by atoms with Crippen LogP contribution < -0.4 is 4.74 Å². The van der Waals surface area contributed by atoms with E-state index in [9.17, 15) is 8.76 Å². The van der Waals surface area contributed by atoms with E-state index in [-0.39, 0.29) is 11.7 Å². The highest BCUT2D eigenvalue weighted by Crippen LogP contribution is 2.45. The molecule has 0 fully saturated rings. The van der Waals surface area contributed by atoms with Crippen LogP contribution in [-0.4, -0.2) is 14.1 Å². The van der Waals surface area contributed by atoms with Crippen LogP contribution in [0.2, 0.25) is 0 Å². The molecule has 0 bridgehead atoms. The number of allylic oxidation sites excluding steroid dienone is 1. The van der Waals surface area contributed by atoms with Gasteiger partial charge in [-0.3, -0.25) is 4.21 Å². The summed E-state index contributed by atoms with van der Waals surface area (Å²) in [5.74, 6) is 1.45. The summed E-state index contributed by atoms with van der Waals surface area (Å²) < 4.78 is 28.3. The normalized spacial score (nSPS) is 16.8. The minimum Gasteiger partial charge on any atom is -0.772 e. The minimum absolute atomic E-state index is 0.00285. The predicted octanol–water partition coefficient (Wildman–Crippen LogP) is 5.11. The van der Waals surface area contributed by atoms with Crippen LogP contribution in [0.1, 0.15) is 28.2 Å². The molecule has 5 heteroatoms. The number of fused-ring (bicyclic) bond motifs is 1. The fourth-order valence-corrected chi connectivity index (χ4v) is 4.21. The van der Waals surface area contributed by atoms with Crippen LogP contribution in [0, 0.1) is 0 Å². The first-order chi connectivity index (χ1) is 13.7. The maximum Gasteiger partial charge on any atom is 0.139 e. The zero-order valence-electron chi connectivity index (χ0n) is 14.9. The number of ether oxygens (including phenoxy) is 1. The van der Waals surface area contributed by atoms with Crippen LogP contribution >= 0.6 is 12.2 Å². The second-order valence-corrected chi connectivity index (χ2v) is 7.68. The van der Waals surface area contributed by atoms with Crippen molar-refractivity contribution in [2.24, 2.45) is 0 Å². The lowest BCUT2D eigenvalue weighted by Gasteiger charge is -2.29. The molecule has 0 aromatic heterocycles. The average Bonchev–Trinajstić information content (AvgIpc) is 2.73. The van der Waals surface area contributed by atoms with Gasteiger partial charge in [0.1, 0.15) is 11.5 Å². The molecule has 0 aliphatic carbocycles.